The van der Waals surface area contributed by atoms with Crippen LogP contribution in [0.2, 0.25) is 0 Å². The fraction of sp³-hybridized carbons (Fsp3) is 0.222. The van der Waals surface area contributed by atoms with Crippen LogP contribution < -0.4 is 5.32 Å². The summed E-state index contributed by atoms with van der Waals surface area (Å²) in [5.74, 6) is 0.552. The average Bonchev–Trinajstić information content (AvgIpc) is 3.09. The molecule has 0 aliphatic carbocycles. The maximum atomic E-state index is 13.0. The number of carbonyl (C=O) groups is 1. The van der Waals surface area contributed by atoms with Crippen molar-refractivity contribution in [1.29, 1.82) is 0 Å². The predicted molar refractivity (Wildman–Crippen MR) is 137 cm³/mol. The molecule has 168 valence electrons. The molecule has 0 fully saturated rings. The molecule has 0 aliphatic rings. The van der Waals surface area contributed by atoms with E-state index >= 15 is 0 Å². The summed E-state index contributed by atoms with van der Waals surface area (Å²) in [7, 11) is 0. The molecular weight excluding hydrogens is 428 g/mol. The molecule has 0 saturated heterocycles. The maximum Gasteiger partial charge on any atom is 0.246 e. The van der Waals surface area contributed by atoms with Crippen molar-refractivity contribution in [3.63, 3.8) is 0 Å². The third kappa shape index (κ3) is 4.66. The molecule has 0 spiro atoms. The SMILES string of the molecule is Cc1cc(C)c(NC(=O)Cn2nc(-c3ccccc3)n(-c3cc(C)ccc3C)c2=S)c(C)c1. The van der Waals surface area contributed by atoms with E-state index in [1.54, 1.807) is 4.68 Å². The van der Waals surface area contributed by atoms with Crippen molar-refractivity contribution in [2.75, 3.05) is 5.32 Å². The van der Waals surface area contributed by atoms with Gasteiger partial charge >= 0.3 is 0 Å². The second kappa shape index (κ2) is 9.16. The van der Waals surface area contributed by atoms with E-state index in [9.17, 15) is 4.79 Å². The summed E-state index contributed by atoms with van der Waals surface area (Å²) in [5, 5.41) is 7.84. The van der Waals surface area contributed by atoms with Gasteiger partial charge in [0.25, 0.3) is 0 Å². The predicted octanol–water partition coefficient (Wildman–Crippen LogP) is 6.25. The largest absolute Gasteiger partial charge is 0.324 e. The van der Waals surface area contributed by atoms with Gasteiger partial charge in [-0.2, -0.15) is 5.10 Å². The van der Waals surface area contributed by atoms with Gasteiger partial charge in [-0.15, -0.1) is 0 Å². The Morgan fingerprint density at radius 1 is 0.879 bits per heavy atom. The molecule has 6 heteroatoms. The normalized spacial score (nSPS) is 10.9. The van der Waals surface area contributed by atoms with E-state index in [-0.39, 0.29) is 12.5 Å². The van der Waals surface area contributed by atoms with Crippen LogP contribution in [0.4, 0.5) is 5.69 Å². The zero-order valence-corrected chi connectivity index (χ0v) is 20.5. The van der Waals surface area contributed by atoms with Crippen molar-refractivity contribution in [3.8, 4) is 17.1 Å². The van der Waals surface area contributed by atoms with E-state index in [0.717, 1.165) is 39.2 Å². The summed E-state index contributed by atoms with van der Waals surface area (Å²) in [6.45, 7) is 10.2. The first-order valence-corrected chi connectivity index (χ1v) is 11.4. The van der Waals surface area contributed by atoms with Gasteiger partial charge < -0.3 is 5.32 Å². The van der Waals surface area contributed by atoms with E-state index in [0.29, 0.717) is 10.6 Å². The molecule has 0 unspecified atom stereocenters. The summed E-state index contributed by atoms with van der Waals surface area (Å²) >= 11 is 5.83. The van der Waals surface area contributed by atoms with Crippen molar-refractivity contribution < 1.29 is 4.79 Å². The molecule has 1 aromatic heterocycles. The van der Waals surface area contributed by atoms with E-state index in [4.69, 9.17) is 17.3 Å². The van der Waals surface area contributed by atoms with Crippen LogP contribution in [0.5, 0.6) is 0 Å². The number of amides is 1. The zero-order valence-electron chi connectivity index (χ0n) is 19.6. The van der Waals surface area contributed by atoms with Crippen molar-refractivity contribution in [1.82, 2.24) is 14.3 Å². The van der Waals surface area contributed by atoms with Crippen LogP contribution in [0.3, 0.4) is 0 Å². The van der Waals surface area contributed by atoms with Gasteiger partial charge in [-0.3, -0.25) is 9.36 Å². The first kappa shape index (κ1) is 22.7. The number of aromatic nitrogens is 3. The lowest BCUT2D eigenvalue weighted by atomic mass is 10.1. The number of nitrogens with one attached hydrogen (secondary N) is 1. The van der Waals surface area contributed by atoms with Crippen LogP contribution >= 0.6 is 12.2 Å². The fourth-order valence-corrected chi connectivity index (χ4v) is 4.44. The van der Waals surface area contributed by atoms with Crippen molar-refractivity contribution in [2.24, 2.45) is 0 Å². The molecule has 0 radical (unpaired) electrons. The fourth-order valence-electron chi connectivity index (χ4n) is 4.15. The van der Waals surface area contributed by atoms with Crippen LogP contribution in [0, 0.1) is 39.4 Å². The minimum Gasteiger partial charge on any atom is -0.324 e. The second-order valence-corrected chi connectivity index (χ2v) is 8.94. The van der Waals surface area contributed by atoms with Gasteiger partial charge in [0.05, 0.1) is 5.69 Å². The Morgan fingerprint density at radius 3 is 2.21 bits per heavy atom. The van der Waals surface area contributed by atoms with Crippen LogP contribution in [-0.4, -0.2) is 20.3 Å². The standard InChI is InChI=1S/C27H28N4OS/c1-17-11-12-19(3)23(15-17)31-26(22-9-7-6-8-10-22)29-30(27(31)33)16-24(32)28-25-20(4)13-18(2)14-21(25)5/h6-15H,16H2,1-5H3,(H,28,32). The van der Waals surface area contributed by atoms with Gasteiger partial charge in [-0.1, -0.05) is 60.2 Å². The van der Waals surface area contributed by atoms with Gasteiger partial charge in [-0.05, 0) is 75.2 Å². The third-order valence-electron chi connectivity index (χ3n) is 5.71. The Bertz CT molecular complexity index is 1380. The molecule has 1 N–H and O–H groups in total. The Morgan fingerprint density at radius 2 is 1.55 bits per heavy atom. The minimum absolute atomic E-state index is 0.0310. The zero-order chi connectivity index (χ0) is 23.7. The van der Waals surface area contributed by atoms with E-state index in [2.05, 4.69) is 56.4 Å². The highest BCUT2D eigenvalue weighted by Crippen LogP contribution is 2.26. The minimum atomic E-state index is -0.161. The topological polar surface area (TPSA) is 51.9 Å². The Balaban J connectivity index is 1.76. The first-order valence-electron chi connectivity index (χ1n) is 10.9. The highest BCUT2D eigenvalue weighted by molar-refractivity contribution is 7.71. The van der Waals surface area contributed by atoms with Crippen LogP contribution in [0.25, 0.3) is 17.1 Å². The molecule has 3 aromatic carbocycles. The van der Waals surface area contributed by atoms with Crippen LogP contribution in [-0.2, 0) is 11.3 Å². The van der Waals surface area contributed by atoms with Gasteiger partial charge in [0, 0.05) is 11.3 Å². The number of nitrogens with zero attached hydrogens (tertiary/aromatic N) is 3. The Kier molecular flexibility index (Phi) is 6.29. The number of anilines is 1. The molecule has 1 heterocycles. The quantitative estimate of drug-likeness (QED) is 0.361. The summed E-state index contributed by atoms with van der Waals surface area (Å²) in [4.78, 5) is 13.0. The summed E-state index contributed by atoms with van der Waals surface area (Å²) in [6, 6.07) is 20.3. The molecule has 5 nitrogen and oxygen atoms in total. The van der Waals surface area contributed by atoms with Crippen molar-refractivity contribution in [2.45, 2.75) is 41.2 Å². The van der Waals surface area contributed by atoms with Gasteiger partial charge in [0.15, 0.2) is 5.82 Å². The Hall–Kier alpha value is -3.51. The smallest absolute Gasteiger partial charge is 0.246 e. The molecule has 4 aromatic rings. The van der Waals surface area contributed by atoms with E-state index < -0.39 is 0 Å². The summed E-state index contributed by atoms with van der Waals surface area (Å²) < 4.78 is 4.05. The molecule has 0 saturated carbocycles. The lowest BCUT2D eigenvalue weighted by Gasteiger charge is -2.13. The van der Waals surface area contributed by atoms with Gasteiger partial charge in [0.2, 0.25) is 10.7 Å². The third-order valence-corrected chi connectivity index (χ3v) is 6.11. The molecule has 0 bridgehead atoms. The van der Waals surface area contributed by atoms with Crippen molar-refractivity contribution in [3.05, 3.63) is 93.3 Å². The van der Waals surface area contributed by atoms with Gasteiger partial charge in [-0.25, -0.2) is 4.68 Å². The number of rotatable bonds is 5. The molecule has 1 amide bonds. The van der Waals surface area contributed by atoms with E-state index in [1.807, 2.05) is 48.7 Å². The molecule has 0 atom stereocenters. The monoisotopic (exact) mass is 456 g/mol. The highest BCUT2D eigenvalue weighted by Gasteiger charge is 2.18. The number of hydrogen-bond acceptors (Lipinski definition) is 3. The van der Waals surface area contributed by atoms with Crippen molar-refractivity contribution >= 4 is 23.8 Å². The maximum absolute atomic E-state index is 13.0. The summed E-state index contributed by atoms with van der Waals surface area (Å²) in [6.07, 6.45) is 0. The van der Waals surface area contributed by atoms with Crippen LogP contribution in [0.15, 0.2) is 60.7 Å². The van der Waals surface area contributed by atoms with Crippen LogP contribution in [0.1, 0.15) is 27.8 Å². The molecule has 33 heavy (non-hydrogen) atoms. The summed E-state index contributed by atoms with van der Waals surface area (Å²) in [5.41, 5.74) is 8.21. The molecular formula is C27H28N4OS. The lowest BCUT2D eigenvalue weighted by molar-refractivity contribution is -0.116. The first-order chi connectivity index (χ1) is 15.7. The number of aryl methyl sites for hydroxylation is 5. The van der Waals surface area contributed by atoms with Gasteiger partial charge in [0.1, 0.15) is 6.54 Å². The molecule has 4 rings (SSSR count). The Labute approximate surface area is 199 Å². The number of benzene rings is 3. The lowest BCUT2D eigenvalue weighted by Crippen LogP contribution is -2.21. The molecule has 0 aliphatic heterocycles. The number of carbonyl (C=O) groups excluding carboxylic acids is 1. The second-order valence-electron chi connectivity index (χ2n) is 8.58. The van der Waals surface area contributed by atoms with E-state index in [1.165, 1.54) is 5.56 Å². The average molecular weight is 457 g/mol. The number of hydrogen-bond donors (Lipinski definition) is 1. The highest BCUT2D eigenvalue weighted by atomic mass is 32.1.